The molecule has 4 rings (SSSR count). The number of nitrogens with one attached hydrogen (secondary N) is 2. The lowest BCUT2D eigenvalue weighted by atomic mass is 10.0. The van der Waals surface area contributed by atoms with Crippen molar-refractivity contribution < 1.29 is 27.3 Å². The number of halogens is 3. The topological polar surface area (TPSA) is 124 Å². The summed E-state index contributed by atoms with van der Waals surface area (Å²) in [7, 11) is 0. The predicted molar refractivity (Wildman–Crippen MR) is 122 cm³/mol. The molecule has 1 aliphatic heterocycles. The van der Waals surface area contributed by atoms with Gasteiger partial charge in [-0.1, -0.05) is 17.3 Å². The standard InChI is InChI=1S/C24H21F3N6O3/c25-24(26,27)22-31-20(32-36-22)15-8-10-17(11-9-15)30-23(35)33-12-4-3-6-18(33)14-29-21(34)19-7-2-1-5-16(19)13-28/h1-2,5,7-11,18H,3-4,6,12,14H2,(H,29,34)(H,30,35). The second-order valence-corrected chi connectivity index (χ2v) is 8.14. The molecule has 3 amide bonds. The number of aromatic nitrogens is 2. The van der Waals surface area contributed by atoms with Crippen molar-refractivity contribution in [2.24, 2.45) is 0 Å². The van der Waals surface area contributed by atoms with E-state index in [1.54, 1.807) is 29.2 Å². The zero-order chi connectivity index (χ0) is 25.7. The molecule has 1 fully saturated rings. The number of nitriles is 1. The molecule has 0 saturated carbocycles. The molecule has 3 aromatic rings. The monoisotopic (exact) mass is 498 g/mol. The van der Waals surface area contributed by atoms with E-state index in [1.165, 1.54) is 24.3 Å². The molecule has 1 unspecified atom stereocenters. The number of hydrogen-bond donors (Lipinski definition) is 2. The van der Waals surface area contributed by atoms with E-state index in [1.807, 2.05) is 6.07 Å². The molecule has 0 aliphatic carbocycles. The molecule has 2 heterocycles. The van der Waals surface area contributed by atoms with Gasteiger partial charge in [-0.15, -0.1) is 0 Å². The highest BCUT2D eigenvalue weighted by Crippen LogP contribution is 2.29. The number of benzene rings is 2. The van der Waals surface area contributed by atoms with E-state index < -0.39 is 12.1 Å². The van der Waals surface area contributed by atoms with Crippen LogP contribution < -0.4 is 10.6 Å². The lowest BCUT2D eigenvalue weighted by Gasteiger charge is -2.35. The van der Waals surface area contributed by atoms with Gasteiger partial charge in [-0.05, 0) is 55.7 Å². The number of urea groups is 1. The molecule has 1 atom stereocenters. The Morgan fingerprint density at radius 1 is 1.14 bits per heavy atom. The van der Waals surface area contributed by atoms with Crippen molar-refractivity contribution in [3.63, 3.8) is 0 Å². The maximum absolute atomic E-state index is 13.0. The molecular weight excluding hydrogens is 477 g/mol. The van der Waals surface area contributed by atoms with Crippen LogP contribution in [-0.4, -0.2) is 46.1 Å². The average Bonchev–Trinajstić information content (AvgIpc) is 3.39. The fourth-order valence-corrected chi connectivity index (χ4v) is 3.92. The summed E-state index contributed by atoms with van der Waals surface area (Å²) in [4.78, 5) is 30.5. The maximum Gasteiger partial charge on any atom is 0.471 e. The molecule has 0 spiro atoms. The highest BCUT2D eigenvalue weighted by Gasteiger charge is 2.38. The number of amides is 3. The summed E-state index contributed by atoms with van der Waals surface area (Å²) in [6.45, 7) is 0.729. The van der Waals surface area contributed by atoms with Crippen LogP contribution in [0.4, 0.5) is 23.7 Å². The first kappa shape index (κ1) is 24.7. The molecule has 1 saturated heterocycles. The van der Waals surface area contributed by atoms with E-state index in [-0.39, 0.29) is 41.5 Å². The molecule has 0 radical (unpaired) electrons. The molecule has 1 aliphatic rings. The Morgan fingerprint density at radius 3 is 2.58 bits per heavy atom. The van der Waals surface area contributed by atoms with Crippen LogP contribution in [0, 0.1) is 11.3 Å². The molecule has 186 valence electrons. The lowest BCUT2D eigenvalue weighted by molar-refractivity contribution is -0.159. The van der Waals surface area contributed by atoms with Gasteiger partial charge in [-0.2, -0.15) is 23.4 Å². The number of rotatable bonds is 5. The van der Waals surface area contributed by atoms with Gasteiger partial charge in [0.15, 0.2) is 0 Å². The first-order valence-corrected chi connectivity index (χ1v) is 11.1. The fourth-order valence-electron chi connectivity index (χ4n) is 3.92. The zero-order valence-electron chi connectivity index (χ0n) is 18.9. The molecule has 2 N–H and O–H groups in total. The third-order valence-corrected chi connectivity index (χ3v) is 5.74. The largest absolute Gasteiger partial charge is 0.471 e. The van der Waals surface area contributed by atoms with E-state index in [9.17, 15) is 28.0 Å². The van der Waals surface area contributed by atoms with Gasteiger partial charge in [-0.25, -0.2) is 4.79 Å². The fraction of sp³-hybridized carbons (Fsp3) is 0.292. The van der Waals surface area contributed by atoms with Gasteiger partial charge in [-0.3, -0.25) is 4.79 Å². The molecule has 0 bridgehead atoms. The zero-order valence-corrected chi connectivity index (χ0v) is 18.9. The van der Waals surface area contributed by atoms with Crippen LogP contribution in [0.25, 0.3) is 11.4 Å². The SMILES string of the molecule is N#Cc1ccccc1C(=O)NCC1CCCCN1C(=O)Nc1ccc(-c2noc(C(F)(F)F)n2)cc1. The first-order valence-electron chi connectivity index (χ1n) is 11.1. The molecule has 1 aromatic heterocycles. The van der Waals surface area contributed by atoms with Gasteiger partial charge >= 0.3 is 18.1 Å². The quantitative estimate of drug-likeness (QED) is 0.536. The summed E-state index contributed by atoms with van der Waals surface area (Å²) in [6.07, 6.45) is -2.32. The highest BCUT2D eigenvalue weighted by atomic mass is 19.4. The Balaban J connectivity index is 1.38. The summed E-state index contributed by atoms with van der Waals surface area (Å²) < 4.78 is 42.2. The van der Waals surface area contributed by atoms with Crippen LogP contribution in [-0.2, 0) is 6.18 Å². The van der Waals surface area contributed by atoms with E-state index in [4.69, 9.17) is 0 Å². The van der Waals surface area contributed by atoms with Crippen molar-refractivity contribution in [3.05, 3.63) is 65.5 Å². The third-order valence-electron chi connectivity index (χ3n) is 5.74. The number of carbonyl (C=O) groups excluding carboxylic acids is 2. The van der Waals surface area contributed by atoms with Crippen molar-refractivity contribution >= 4 is 17.6 Å². The third kappa shape index (κ3) is 5.63. The van der Waals surface area contributed by atoms with Crippen LogP contribution in [0.3, 0.4) is 0 Å². The number of likely N-dealkylation sites (tertiary alicyclic amines) is 1. The Kier molecular flexibility index (Phi) is 7.19. The number of nitrogens with zero attached hydrogens (tertiary/aromatic N) is 4. The summed E-state index contributed by atoms with van der Waals surface area (Å²) in [5.41, 5.74) is 1.27. The second-order valence-electron chi connectivity index (χ2n) is 8.14. The minimum absolute atomic E-state index is 0.218. The smallest absolute Gasteiger partial charge is 0.350 e. The Labute approximate surface area is 203 Å². The molecule has 2 aromatic carbocycles. The van der Waals surface area contributed by atoms with Gasteiger partial charge in [0.1, 0.15) is 0 Å². The van der Waals surface area contributed by atoms with Crippen molar-refractivity contribution in [1.82, 2.24) is 20.4 Å². The molecular formula is C24H21F3N6O3. The number of hydrogen-bond acceptors (Lipinski definition) is 6. The summed E-state index contributed by atoms with van der Waals surface area (Å²) in [6, 6.07) is 13.9. The van der Waals surface area contributed by atoms with E-state index in [0.717, 1.165) is 12.8 Å². The number of carbonyl (C=O) groups is 2. The summed E-state index contributed by atoms with van der Waals surface area (Å²) >= 11 is 0. The summed E-state index contributed by atoms with van der Waals surface area (Å²) in [5, 5.41) is 18.1. The molecule has 9 nitrogen and oxygen atoms in total. The minimum Gasteiger partial charge on any atom is -0.350 e. The van der Waals surface area contributed by atoms with Crippen LogP contribution in [0.1, 0.15) is 41.1 Å². The lowest BCUT2D eigenvalue weighted by Crippen LogP contribution is -2.50. The number of alkyl halides is 3. The second kappa shape index (κ2) is 10.5. The van der Waals surface area contributed by atoms with E-state index in [0.29, 0.717) is 24.2 Å². The van der Waals surface area contributed by atoms with E-state index >= 15 is 0 Å². The van der Waals surface area contributed by atoms with Crippen LogP contribution in [0.5, 0.6) is 0 Å². The number of piperidine rings is 1. The van der Waals surface area contributed by atoms with Crippen LogP contribution >= 0.6 is 0 Å². The van der Waals surface area contributed by atoms with Crippen LogP contribution in [0.2, 0.25) is 0 Å². The van der Waals surface area contributed by atoms with Gasteiger partial charge in [0.25, 0.3) is 5.91 Å². The summed E-state index contributed by atoms with van der Waals surface area (Å²) in [5.74, 6) is -2.04. The van der Waals surface area contributed by atoms with Gasteiger partial charge < -0.3 is 20.1 Å². The van der Waals surface area contributed by atoms with Gasteiger partial charge in [0.2, 0.25) is 5.82 Å². The maximum atomic E-state index is 13.0. The Morgan fingerprint density at radius 2 is 1.89 bits per heavy atom. The van der Waals surface area contributed by atoms with Gasteiger partial charge in [0.05, 0.1) is 23.2 Å². The molecule has 36 heavy (non-hydrogen) atoms. The van der Waals surface area contributed by atoms with Crippen molar-refractivity contribution in [3.8, 4) is 17.5 Å². The molecule has 12 heteroatoms. The normalized spacial score (nSPS) is 15.7. The Hall–Kier alpha value is -4.40. The highest BCUT2D eigenvalue weighted by molar-refractivity contribution is 5.96. The minimum atomic E-state index is -4.73. The number of anilines is 1. The average molecular weight is 498 g/mol. The predicted octanol–water partition coefficient (Wildman–Crippen LogP) is 4.44. The van der Waals surface area contributed by atoms with Crippen molar-refractivity contribution in [2.75, 3.05) is 18.4 Å². The van der Waals surface area contributed by atoms with E-state index in [2.05, 4.69) is 25.3 Å². The van der Waals surface area contributed by atoms with Crippen molar-refractivity contribution in [1.29, 1.82) is 5.26 Å². The van der Waals surface area contributed by atoms with Crippen LogP contribution in [0.15, 0.2) is 53.1 Å². The Bertz CT molecular complexity index is 1280. The first-order chi connectivity index (χ1) is 17.3. The van der Waals surface area contributed by atoms with Crippen molar-refractivity contribution in [2.45, 2.75) is 31.5 Å². The van der Waals surface area contributed by atoms with Gasteiger partial charge in [0, 0.05) is 24.3 Å².